The van der Waals surface area contributed by atoms with Crippen molar-refractivity contribution < 1.29 is 4.74 Å². The van der Waals surface area contributed by atoms with E-state index >= 15 is 0 Å². The number of guanidine groups is 1. The first-order valence-electron chi connectivity index (χ1n) is 7.32. The van der Waals surface area contributed by atoms with Crippen molar-refractivity contribution in [2.24, 2.45) is 16.3 Å². The van der Waals surface area contributed by atoms with Crippen LogP contribution in [-0.4, -0.2) is 37.3 Å². The fourth-order valence-corrected chi connectivity index (χ4v) is 3.48. The Bertz CT molecular complexity index is 355. The predicted octanol–water partition coefficient (Wildman–Crippen LogP) is 2.14. The quantitative estimate of drug-likeness (QED) is 0.449. The van der Waals surface area contributed by atoms with Crippen molar-refractivity contribution in [3.05, 3.63) is 0 Å². The summed E-state index contributed by atoms with van der Waals surface area (Å²) in [4.78, 5) is 4.56. The van der Waals surface area contributed by atoms with Crippen molar-refractivity contribution in [2.45, 2.75) is 58.2 Å². The molecule has 2 N–H and O–H groups in total. The fourth-order valence-electron chi connectivity index (χ4n) is 3.48. The molecule has 3 unspecified atom stereocenters. The molecule has 19 heavy (non-hydrogen) atoms. The van der Waals surface area contributed by atoms with Gasteiger partial charge in [0, 0.05) is 36.6 Å². The van der Waals surface area contributed by atoms with Crippen LogP contribution in [0.15, 0.2) is 4.99 Å². The molecule has 3 aliphatic rings. The first-order valence-corrected chi connectivity index (χ1v) is 7.32. The van der Waals surface area contributed by atoms with Crippen molar-refractivity contribution >= 4 is 29.9 Å². The summed E-state index contributed by atoms with van der Waals surface area (Å²) in [5.74, 6) is 1.67. The summed E-state index contributed by atoms with van der Waals surface area (Å²) >= 11 is 0. The zero-order valence-corrected chi connectivity index (χ0v) is 14.4. The van der Waals surface area contributed by atoms with Crippen LogP contribution >= 0.6 is 24.0 Å². The highest BCUT2D eigenvalue weighted by Gasteiger charge is 2.59. The molecule has 0 aromatic carbocycles. The molecule has 2 saturated carbocycles. The molecule has 3 rings (SSSR count). The van der Waals surface area contributed by atoms with Crippen LogP contribution in [0.3, 0.4) is 0 Å². The Morgan fingerprint density at radius 3 is 2.63 bits per heavy atom. The van der Waals surface area contributed by atoms with Crippen molar-refractivity contribution in [1.82, 2.24) is 10.6 Å². The van der Waals surface area contributed by atoms with E-state index in [0.29, 0.717) is 24.1 Å². The molecule has 0 aromatic rings. The van der Waals surface area contributed by atoms with Gasteiger partial charge in [0.25, 0.3) is 0 Å². The summed E-state index contributed by atoms with van der Waals surface area (Å²) in [7, 11) is 0. The van der Waals surface area contributed by atoms with E-state index in [2.05, 4.69) is 36.4 Å². The highest BCUT2D eigenvalue weighted by atomic mass is 127. The molecule has 1 heterocycles. The first kappa shape index (κ1) is 15.4. The zero-order valence-electron chi connectivity index (χ0n) is 12.1. The average Bonchev–Trinajstić information content (AvgIpc) is 3.02. The standard InChI is InChI=1S/C14H25N3O.HI/c1-4-15-13(16-9-5-6-9)17-11-10-7-8-18-12(10)14(11,2)3;/h9-12H,4-8H2,1-3H3,(H2,15,16,17);1H. The molecule has 5 heteroatoms. The maximum Gasteiger partial charge on any atom is 0.191 e. The van der Waals surface area contributed by atoms with E-state index in [-0.39, 0.29) is 29.4 Å². The minimum absolute atomic E-state index is 0. The van der Waals surface area contributed by atoms with E-state index in [9.17, 15) is 0 Å². The third kappa shape index (κ3) is 2.86. The van der Waals surface area contributed by atoms with Gasteiger partial charge in [-0.2, -0.15) is 0 Å². The summed E-state index contributed by atoms with van der Waals surface area (Å²) in [6, 6.07) is 1.16. The summed E-state index contributed by atoms with van der Waals surface area (Å²) in [6.07, 6.45) is 4.20. The molecule has 0 aromatic heterocycles. The molecule has 3 fully saturated rings. The SMILES string of the molecule is CCN=C(NC1CC1)NC1C2CCOC2C1(C)C.I. The maximum absolute atomic E-state index is 5.83. The molecule has 1 aliphatic heterocycles. The second-order valence-electron chi connectivity index (χ2n) is 6.43. The molecule has 4 nitrogen and oxygen atoms in total. The lowest BCUT2D eigenvalue weighted by Gasteiger charge is -2.55. The van der Waals surface area contributed by atoms with Gasteiger partial charge in [-0.15, -0.1) is 24.0 Å². The molecule has 0 spiro atoms. The fraction of sp³-hybridized carbons (Fsp3) is 0.929. The Hall–Kier alpha value is -0.0400. The number of ether oxygens (including phenoxy) is 1. The molecule has 1 saturated heterocycles. The van der Waals surface area contributed by atoms with Gasteiger partial charge >= 0.3 is 0 Å². The average molecular weight is 379 g/mol. The summed E-state index contributed by atoms with van der Waals surface area (Å²) in [6.45, 7) is 8.45. The second-order valence-corrected chi connectivity index (χ2v) is 6.43. The molecule has 2 aliphatic carbocycles. The largest absolute Gasteiger partial charge is 0.377 e. The van der Waals surface area contributed by atoms with E-state index in [4.69, 9.17) is 4.74 Å². The van der Waals surface area contributed by atoms with Crippen molar-refractivity contribution in [3.63, 3.8) is 0 Å². The Balaban J connectivity index is 0.00000133. The highest BCUT2D eigenvalue weighted by molar-refractivity contribution is 14.0. The molecule has 110 valence electrons. The molecular formula is C14H26IN3O. The van der Waals surface area contributed by atoms with E-state index in [0.717, 1.165) is 19.1 Å². The number of rotatable bonds is 3. The zero-order chi connectivity index (χ0) is 12.8. The van der Waals surface area contributed by atoms with Crippen LogP contribution in [0.4, 0.5) is 0 Å². The van der Waals surface area contributed by atoms with Gasteiger partial charge in [-0.3, -0.25) is 4.99 Å². The van der Waals surface area contributed by atoms with E-state index in [1.807, 2.05) is 0 Å². The Labute approximate surface area is 133 Å². The predicted molar refractivity (Wildman–Crippen MR) is 88.1 cm³/mol. The number of hydrogen-bond donors (Lipinski definition) is 2. The Morgan fingerprint density at radius 2 is 2.00 bits per heavy atom. The van der Waals surface area contributed by atoms with Crippen LogP contribution in [-0.2, 0) is 4.74 Å². The van der Waals surface area contributed by atoms with Crippen molar-refractivity contribution in [1.29, 1.82) is 0 Å². The van der Waals surface area contributed by atoms with Crippen LogP contribution in [0.5, 0.6) is 0 Å². The lowest BCUT2D eigenvalue weighted by molar-refractivity contribution is -0.106. The minimum atomic E-state index is 0. The third-order valence-electron chi connectivity index (χ3n) is 4.63. The number of fused-ring (bicyclic) bond motifs is 1. The van der Waals surface area contributed by atoms with Crippen molar-refractivity contribution in [2.75, 3.05) is 13.2 Å². The van der Waals surface area contributed by atoms with Crippen LogP contribution < -0.4 is 10.6 Å². The van der Waals surface area contributed by atoms with Gasteiger partial charge in [0.05, 0.1) is 6.10 Å². The lowest BCUT2D eigenvalue weighted by Crippen LogP contribution is -2.68. The van der Waals surface area contributed by atoms with E-state index in [1.165, 1.54) is 19.3 Å². The molecule has 0 radical (unpaired) electrons. The van der Waals surface area contributed by atoms with E-state index < -0.39 is 0 Å². The third-order valence-corrected chi connectivity index (χ3v) is 4.63. The number of nitrogens with one attached hydrogen (secondary N) is 2. The highest BCUT2D eigenvalue weighted by Crippen LogP contribution is 2.52. The van der Waals surface area contributed by atoms with Gasteiger partial charge in [0.15, 0.2) is 5.96 Å². The number of halogens is 1. The Morgan fingerprint density at radius 1 is 1.26 bits per heavy atom. The number of nitrogens with zero attached hydrogens (tertiary/aromatic N) is 1. The normalized spacial score (nSPS) is 35.9. The number of hydrogen-bond acceptors (Lipinski definition) is 2. The smallest absolute Gasteiger partial charge is 0.191 e. The molecule has 0 amide bonds. The van der Waals surface area contributed by atoms with Crippen molar-refractivity contribution in [3.8, 4) is 0 Å². The molecule has 3 atom stereocenters. The van der Waals surface area contributed by atoms with Crippen LogP contribution in [0.1, 0.15) is 40.0 Å². The summed E-state index contributed by atoms with van der Waals surface area (Å²) < 4.78 is 5.83. The van der Waals surface area contributed by atoms with E-state index in [1.54, 1.807) is 0 Å². The summed E-state index contributed by atoms with van der Waals surface area (Å²) in [5.41, 5.74) is 0.223. The molecule has 0 bridgehead atoms. The molecular weight excluding hydrogens is 353 g/mol. The van der Waals surface area contributed by atoms with Crippen LogP contribution in [0.25, 0.3) is 0 Å². The monoisotopic (exact) mass is 379 g/mol. The summed E-state index contributed by atoms with van der Waals surface area (Å²) in [5, 5.41) is 7.15. The van der Waals surface area contributed by atoms with Gasteiger partial charge in [-0.25, -0.2) is 0 Å². The number of aliphatic imine (C=N–C) groups is 1. The van der Waals surface area contributed by atoms with Gasteiger partial charge in [-0.05, 0) is 26.2 Å². The van der Waals surface area contributed by atoms with Gasteiger partial charge in [0.1, 0.15) is 0 Å². The minimum Gasteiger partial charge on any atom is -0.377 e. The first-order chi connectivity index (χ1) is 8.63. The Kier molecular flexibility index (Phi) is 4.65. The van der Waals surface area contributed by atoms with Crippen LogP contribution in [0, 0.1) is 11.3 Å². The van der Waals surface area contributed by atoms with Gasteiger partial charge in [-0.1, -0.05) is 13.8 Å². The second kappa shape index (κ2) is 5.76. The van der Waals surface area contributed by atoms with Gasteiger partial charge in [0.2, 0.25) is 0 Å². The topological polar surface area (TPSA) is 45.7 Å². The lowest BCUT2D eigenvalue weighted by atomic mass is 9.57. The van der Waals surface area contributed by atoms with Gasteiger partial charge < -0.3 is 15.4 Å². The maximum atomic E-state index is 5.83. The van der Waals surface area contributed by atoms with Crippen LogP contribution in [0.2, 0.25) is 0 Å².